The van der Waals surface area contributed by atoms with Gasteiger partial charge in [0.25, 0.3) is 5.91 Å². The third kappa shape index (κ3) is 2.44. The fourth-order valence-corrected chi connectivity index (χ4v) is 2.57. The van der Waals surface area contributed by atoms with Gasteiger partial charge in [-0.15, -0.1) is 0 Å². The van der Waals surface area contributed by atoms with Gasteiger partial charge in [0.1, 0.15) is 5.71 Å². The fourth-order valence-electron chi connectivity index (χ4n) is 2.57. The average Bonchev–Trinajstić information content (AvgIpc) is 3.31. The molecule has 1 aromatic carbocycles. The van der Waals surface area contributed by atoms with E-state index in [9.17, 15) is 4.79 Å². The number of hydrogen-bond donors (Lipinski definition) is 0. The number of aryl methyl sites for hydroxylation is 1. The molecule has 0 radical (unpaired) electrons. The molecular formula is C18H14N4O2. The predicted octanol–water partition coefficient (Wildman–Crippen LogP) is 2.85. The highest BCUT2D eigenvalue weighted by Crippen LogP contribution is 2.27. The second kappa shape index (κ2) is 5.66. The van der Waals surface area contributed by atoms with Gasteiger partial charge in [0.2, 0.25) is 0 Å². The minimum atomic E-state index is -0.198. The van der Waals surface area contributed by atoms with Crippen LogP contribution in [0.15, 0.2) is 76.2 Å². The van der Waals surface area contributed by atoms with Crippen LogP contribution in [0.2, 0.25) is 0 Å². The first kappa shape index (κ1) is 14.2. The summed E-state index contributed by atoms with van der Waals surface area (Å²) in [5, 5.41) is 10.00. The van der Waals surface area contributed by atoms with Crippen LogP contribution < -0.4 is 5.01 Å². The van der Waals surface area contributed by atoms with Gasteiger partial charge in [0.15, 0.2) is 5.76 Å². The number of aromatic nitrogens is 2. The highest BCUT2D eigenvalue weighted by atomic mass is 16.3. The number of amides is 1. The minimum Gasteiger partial charge on any atom is -0.463 e. The summed E-state index contributed by atoms with van der Waals surface area (Å²) in [6.07, 6.45) is 6.88. The zero-order valence-electron chi connectivity index (χ0n) is 13.0. The first-order valence-corrected chi connectivity index (χ1v) is 7.45. The van der Waals surface area contributed by atoms with Crippen molar-refractivity contribution in [2.45, 2.75) is 0 Å². The van der Waals surface area contributed by atoms with Crippen molar-refractivity contribution in [3.05, 3.63) is 78.0 Å². The van der Waals surface area contributed by atoms with E-state index in [4.69, 9.17) is 4.42 Å². The van der Waals surface area contributed by atoms with Crippen molar-refractivity contribution in [2.24, 2.45) is 12.1 Å². The quantitative estimate of drug-likeness (QED) is 0.698. The highest BCUT2D eigenvalue weighted by Gasteiger charge is 2.33. The zero-order valence-corrected chi connectivity index (χ0v) is 13.0. The van der Waals surface area contributed by atoms with Crippen LogP contribution in [0.3, 0.4) is 0 Å². The van der Waals surface area contributed by atoms with Crippen molar-refractivity contribution in [3.63, 3.8) is 0 Å². The lowest BCUT2D eigenvalue weighted by atomic mass is 10.1. The molecule has 0 N–H and O–H groups in total. The number of para-hydroxylation sites is 1. The molecule has 118 valence electrons. The Kier molecular flexibility index (Phi) is 3.35. The molecule has 4 rings (SSSR count). The van der Waals surface area contributed by atoms with E-state index in [0.29, 0.717) is 22.7 Å². The minimum absolute atomic E-state index is 0.198. The molecule has 6 nitrogen and oxygen atoms in total. The summed E-state index contributed by atoms with van der Waals surface area (Å²) in [5.74, 6) is 0.355. The molecule has 2 aromatic heterocycles. The van der Waals surface area contributed by atoms with Crippen LogP contribution in [0.1, 0.15) is 11.3 Å². The van der Waals surface area contributed by atoms with Gasteiger partial charge in [-0.05, 0) is 30.3 Å². The van der Waals surface area contributed by atoms with E-state index in [1.807, 2.05) is 43.6 Å². The summed E-state index contributed by atoms with van der Waals surface area (Å²) in [6, 6.07) is 12.9. The highest BCUT2D eigenvalue weighted by molar-refractivity contribution is 6.36. The first-order chi connectivity index (χ1) is 11.7. The third-order valence-corrected chi connectivity index (χ3v) is 3.67. The maximum atomic E-state index is 12.9. The molecule has 24 heavy (non-hydrogen) atoms. The Labute approximate surface area is 138 Å². The summed E-state index contributed by atoms with van der Waals surface area (Å²) in [7, 11) is 1.83. The van der Waals surface area contributed by atoms with Gasteiger partial charge in [0.05, 0.1) is 23.7 Å². The van der Waals surface area contributed by atoms with Crippen LogP contribution in [0, 0.1) is 0 Å². The second-order valence-electron chi connectivity index (χ2n) is 5.38. The van der Waals surface area contributed by atoms with Crippen molar-refractivity contribution in [1.29, 1.82) is 0 Å². The molecule has 1 aliphatic rings. The van der Waals surface area contributed by atoms with Gasteiger partial charge >= 0.3 is 0 Å². The first-order valence-electron chi connectivity index (χ1n) is 7.45. The fraction of sp³-hybridized carbons (Fsp3) is 0.0556. The average molecular weight is 318 g/mol. The van der Waals surface area contributed by atoms with Crippen LogP contribution in [0.5, 0.6) is 0 Å². The molecule has 1 aliphatic heterocycles. The lowest BCUT2D eigenvalue weighted by Gasteiger charge is -2.10. The van der Waals surface area contributed by atoms with E-state index >= 15 is 0 Å². The normalized spacial score (nSPS) is 16.0. The number of anilines is 1. The molecule has 1 amide bonds. The van der Waals surface area contributed by atoms with E-state index in [2.05, 4.69) is 10.2 Å². The number of hydrogen-bond acceptors (Lipinski definition) is 4. The van der Waals surface area contributed by atoms with Crippen LogP contribution in [-0.4, -0.2) is 21.4 Å². The van der Waals surface area contributed by atoms with Crippen LogP contribution in [0.4, 0.5) is 5.69 Å². The van der Waals surface area contributed by atoms with Crippen LogP contribution >= 0.6 is 0 Å². The molecule has 0 saturated carbocycles. The molecule has 6 heteroatoms. The van der Waals surface area contributed by atoms with Crippen LogP contribution in [-0.2, 0) is 11.8 Å². The Hall–Kier alpha value is -3.41. The Balaban J connectivity index is 1.81. The number of rotatable bonds is 3. The van der Waals surface area contributed by atoms with Crippen molar-refractivity contribution >= 4 is 23.4 Å². The van der Waals surface area contributed by atoms with Crippen LogP contribution in [0.25, 0.3) is 6.08 Å². The summed E-state index contributed by atoms with van der Waals surface area (Å²) >= 11 is 0. The largest absolute Gasteiger partial charge is 0.463 e. The molecule has 0 aliphatic carbocycles. The van der Waals surface area contributed by atoms with Gasteiger partial charge in [-0.1, -0.05) is 18.2 Å². The number of furan rings is 1. The molecule has 0 saturated heterocycles. The molecule has 0 spiro atoms. The lowest BCUT2D eigenvalue weighted by molar-refractivity contribution is -0.114. The van der Waals surface area contributed by atoms with E-state index in [-0.39, 0.29) is 5.91 Å². The number of carbonyl (C=O) groups is 1. The number of carbonyl (C=O) groups excluding carboxylic acids is 1. The van der Waals surface area contributed by atoms with E-state index in [1.54, 1.807) is 35.4 Å². The molecule has 0 atom stereocenters. The van der Waals surface area contributed by atoms with E-state index in [1.165, 1.54) is 5.01 Å². The van der Waals surface area contributed by atoms with Crippen molar-refractivity contribution in [3.8, 4) is 0 Å². The molecule has 3 aromatic rings. The number of nitrogens with zero attached hydrogens (tertiary/aromatic N) is 4. The predicted molar refractivity (Wildman–Crippen MR) is 90.4 cm³/mol. The zero-order chi connectivity index (χ0) is 16.5. The summed E-state index contributed by atoms with van der Waals surface area (Å²) < 4.78 is 7.14. The Morgan fingerprint density at radius 3 is 2.62 bits per heavy atom. The Morgan fingerprint density at radius 2 is 1.96 bits per heavy atom. The van der Waals surface area contributed by atoms with E-state index < -0.39 is 0 Å². The number of hydrazone groups is 1. The standard InChI is InChI=1S/C18H14N4O2/c1-21-12-13(11-19-21)10-15-17(16-8-5-9-24-16)20-22(18(15)23)14-6-3-2-4-7-14/h2-12H,1H3/b15-10+. The maximum absolute atomic E-state index is 12.9. The third-order valence-electron chi connectivity index (χ3n) is 3.67. The SMILES string of the molecule is Cn1cc(/C=C2/C(=O)N(c3ccccc3)N=C2c2ccco2)cn1. The van der Waals surface area contributed by atoms with Gasteiger partial charge in [-0.2, -0.15) is 15.2 Å². The van der Waals surface area contributed by atoms with Crippen molar-refractivity contribution < 1.29 is 9.21 Å². The summed E-state index contributed by atoms with van der Waals surface area (Å²) in [4.78, 5) is 12.9. The molecule has 3 heterocycles. The smallest absolute Gasteiger partial charge is 0.281 e. The lowest BCUT2D eigenvalue weighted by Crippen LogP contribution is -2.21. The van der Waals surface area contributed by atoms with Gasteiger partial charge in [0, 0.05) is 18.8 Å². The molecule has 0 bridgehead atoms. The molecular weight excluding hydrogens is 304 g/mol. The summed E-state index contributed by atoms with van der Waals surface area (Å²) in [6.45, 7) is 0. The Bertz CT molecular complexity index is 937. The van der Waals surface area contributed by atoms with Gasteiger partial charge in [-0.3, -0.25) is 9.48 Å². The van der Waals surface area contributed by atoms with Gasteiger partial charge < -0.3 is 4.42 Å². The Morgan fingerprint density at radius 1 is 1.12 bits per heavy atom. The monoisotopic (exact) mass is 318 g/mol. The van der Waals surface area contributed by atoms with Crippen molar-refractivity contribution in [1.82, 2.24) is 9.78 Å². The number of benzene rings is 1. The second-order valence-corrected chi connectivity index (χ2v) is 5.38. The molecule has 0 unspecified atom stereocenters. The summed E-state index contributed by atoms with van der Waals surface area (Å²) in [5.41, 5.74) is 2.52. The molecule has 0 fully saturated rings. The topological polar surface area (TPSA) is 63.6 Å². The van der Waals surface area contributed by atoms with Gasteiger partial charge in [-0.25, -0.2) is 0 Å². The maximum Gasteiger partial charge on any atom is 0.281 e. The van der Waals surface area contributed by atoms with Crippen molar-refractivity contribution in [2.75, 3.05) is 5.01 Å². The van der Waals surface area contributed by atoms with E-state index in [0.717, 1.165) is 5.56 Å².